The molecule has 0 amide bonds. The molecule has 0 bridgehead atoms. The number of Topliss-reactive ketones (excluding diaryl/α,β-unsaturated/α-hetero) is 1. The van der Waals surface area contributed by atoms with Gasteiger partial charge >= 0.3 is 0 Å². The monoisotopic (exact) mass is 520 g/mol. The first-order chi connectivity index (χ1) is 19.1. The summed E-state index contributed by atoms with van der Waals surface area (Å²) in [5, 5.41) is 0. The van der Waals surface area contributed by atoms with Crippen molar-refractivity contribution in [2.75, 3.05) is 32.7 Å². The number of benzene rings is 3. The highest BCUT2D eigenvalue weighted by Crippen LogP contribution is 2.22. The summed E-state index contributed by atoms with van der Waals surface area (Å²) in [6.45, 7) is 8.42. The zero-order valence-corrected chi connectivity index (χ0v) is 23.2. The molecular formula is C35H40N2O2. The molecule has 0 aromatic heterocycles. The second-order valence-corrected chi connectivity index (χ2v) is 11.0. The fourth-order valence-electron chi connectivity index (χ4n) is 5.52. The minimum atomic E-state index is 0.188. The molecule has 5 rings (SSSR count). The molecule has 2 aliphatic heterocycles. The molecule has 202 valence electrons. The van der Waals surface area contributed by atoms with Gasteiger partial charge < -0.3 is 9.64 Å². The highest BCUT2D eigenvalue weighted by molar-refractivity contribution is 5.96. The molecule has 0 aliphatic carbocycles. The number of likely N-dealkylation sites (tertiary alicyclic amines) is 2. The van der Waals surface area contributed by atoms with E-state index in [0.29, 0.717) is 6.42 Å². The number of carbonyl (C=O) groups is 1. The van der Waals surface area contributed by atoms with Gasteiger partial charge in [0.1, 0.15) is 11.9 Å². The van der Waals surface area contributed by atoms with Crippen molar-refractivity contribution >= 4 is 5.78 Å². The Morgan fingerprint density at radius 2 is 1.59 bits per heavy atom. The van der Waals surface area contributed by atoms with Crippen LogP contribution in [-0.2, 0) is 6.54 Å². The fourth-order valence-corrected chi connectivity index (χ4v) is 5.52. The average Bonchev–Trinajstić information content (AvgIpc) is 3.48. The van der Waals surface area contributed by atoms with Crippen molar-refractivity contribution in [1.29, 1.82) is 0 Å². The van der Waals surface area contributed by atoms with Gasteiger partial charge in [0, 0.05) is 42.7 Å². The van der Waals surface area contributed by atoms with Crippen LogP contribution < -0.4 is 4.74 Å². The summed E-state index contributed by atoms with van der Waals surface area (Å²) < 4.78 is 6.33. The van der Waals surface area contributed by atoms with Gasteiger partial charge in [-0.1, -0.05) is 53.8 Å². The predicted octanol–water partition coefficient (Wildman–Crippen LogP) is 6.50. The number of aryl methyl sites for hydroxylation is 1. The molecule has 2 heterocycles. The third kappa shape index (κ3) is 8.30. The normalized spacial score (nSPS) is 16.5. The first kappa shape index (κ1) is 27.2. The first-order valence-corrected chi connectivity index (χ1v) is 14.5. The molecule has 0 saturated carbocycles. The van der Waals surface area contributed by atoms with Crippen LogP contribution in [0.4, 0.5) is 0 Å². The van der Waals surface area contributed by atoms with E-state index in [4.69, 9.17) is 4.74 Å². The lowest BCUT2D eigenvalue weighted by Crippen LogP contribution is -2.37. The summed E-state index contributed by atoms with van der Waals surface area (Å²) in [6, 6.07) is 24.7. The Morgan fingerprint density at radius 1 is 0.846 bits per heavy atom. The van der Waals surface area contributed by atoms with Crippen LogP contribution >= 0.6 is 0 Å². The second kappa shape index (κ2) is 13.6. The third-order valence-electron chi connectivity index (χ3n) is 7.81. The van der Waals surface area contributed by atoms with Crippen molar-refractivity contribution in [2.45, 2.75) is 58.1 Å². The van der Waals surface area contributed by atoms with Gasteiger partial charge in [-0.3, -0.25) is 9.69 Å². The van der Waals surface area contributed by atoms with E-state index in [9.17, 15) is 4.79 Å². The van der Waals surface area contributed by atoms with Gasteiger partial charge in [-0.05, 0) is 101 Å². The Kier molecular flexibility index (Phi) is 9.48. The summed E-state index contributed by atoms with van der Waals surface area (Å²) in [6.07, 6.45) is 6.30. The summed E-state index contributed by atoms with van der Waals surface area (Å²) in [5.41, 5.74) is 5.41. The fraction of sp³-hybridized carbons (Fsp3) is 0.400. The van der Waals surface area contributed by atoms with Crippen LogP contribution in [0.25, 0.3) is 0 Å². The summed E-state index contributed by atoms with van der Waals surface area (Å²) in [7, 11) is 0. The summed E-state index contributed by atoms with van der Waals surface area (Å²) >= 11 is 0. The second-order valence-electron chi connectivity index (χ2n) is 11.0. The van der Waals surface area contributed by atoms with E-state index in [1.54, 1.807) is 0 Å². The minimum absolute atomic E-state index is 0.188. The van der Waals surface area contributed by atoms with Crippen LogP contribution in [0.2, 0.25) is 0 Å². The van der Waals surface area contributed by atoms with Crippen molar-refractivity contribution in [3.63, 3.8) is 0 Å². The maximum atomic E-state index is 12.7. The topological polar surface area (TPSA) is 32.8 Å². The Labute approximate surface area is 234 Å². The van der Waals surface area contributed by atoms with Crippen molar-refractivity contribution in [3.05, 3.63) is 101 Å². The molecule has 0 atom stereocenters. The van der Waals surface area contributed by atoms with Crippen molar-refractivity contribution < 1.29 is 9.53 Å². The van der Waals surface area contributed by atoms with Crippen LogP contribution in [0.15, 0.2) is 72.8 Å². The average molecular weight is 521 g/mol. The zero-order valence-electron chi connectivity index (χ0n) is 23.2. The minimum Gasteiger partial charge on any atom is -0.490 e. The number of carbonyl (C=O) groups excluding carboxylic acids is 1. The lowest BCUT2D eigenvalue weighted by Gasteiger charge is -2.32. The molecule has 2 fully saturated rings. The van der Waals surface area contributed by atoms with E-state index in [0.717, 1.165) is 67.9 Å². The van der Waals surface area contributed by atoms with Gasteiger partial charge in [-0.25, -0.2) is 0 Å². The van der Waals surface area contributed by atoms with E-state index < -0.39 is 0 Å². The van der Waals surface area contributed by atoms with Gasteiger partial charge in [-0.2, -0.15) is 0 Å². The quantitative estimate of drug-likeness (QED) is 0.238. The van der Waals surface area contributed by atoms with Crippen molar-refractivity contribution in [3.8, 4) is 17.6 Å². The molecule has 4 nitrogen and oxygen atoms in total. The molecular weight excluding hydrogens is 480 g/mol. The zero-order chi connectivity index (χ0) is 26.9. The number of hydrogen-bond acceptors (Lipinski definition) is 4. The SMILES string of the molecule is Cc1ccc(C#Cc2cccc(CN3CCC(Oc4cccc(C(=O)CCCN5CCCC5)c4)CC3)c2)cc1. The largest absolute Gasteiger partial charge is 0.490 e. The van der Waals surface area contributed by atoms with Crippen LogP contribution in [0.5, 0.6) is 5.75 Å². The lowest BCUT2D eigenvalue weighted by atomic mass is 10.0. The summed E-state index contributed by atoms with van der Waals surface area (Å²) in [4.78, 5) is 17.7. The maximum Gasteiger partial charge on any atom is 0.163 e. The van der Waals surface area contributed by atoms with Crippen LogP contribution in [-0.4, -0.2) is 54.4 Å². The maximum absolute atomic E-state index is 12.7. The molecule has 0 N–H and O–H groups in total. The number of ether oxygens (including phenoxy) is 1. The van der Waals surface area contributed by atoms with E-state index in [2.05, 4.69) is 77.1 Å². The molecule has 3 aromatic carbocycles. The third-order valence-corrected chi connectivity index (χ3v) is 7.81. The Morgan fingerprint density at radius 3 is 2.38 bits per heavy atom. The van der Waals surface area contributed by atoms with Crippen molar-refractivity contribution in [2.24, 2.45) is 0 Å². The van der Waals surface area contributed by atoms with Crippen LogP contribution in [0, 0.1) is 18.8 Å². The van der Waals surface area contributed by atoms with E-state index in [1.807, 2.05) is 24.3 Å². The molecule has 0 radical (unpaired) electrons. The molecule has 2 saturated heterocycles. The van der Waals surface area contributed by atoms with Gasteiger partial charge in [0.15, 0.2) is 5.78 Å². The van der Waals surface area contributed by atoms with Crippen molar-refractivity contribution in [1.82, 2.24) is 9.80 Å². The summed E-state index contributed by atoms with van der Waals surface area (Å²) in [5.74, 6) is 7.63. The number of rotatable bonds is 9. The smallest absolute Gasteiger partial charge is 0.163 e. The van der Waals surface area contributed by atoms with E-state index >= 15 is 0 Å². The first-order valence-electron chi connectivity index (χ1n) is 14.5. The highest BCUT2D eigenvalue weighted by atomic mass is 16.5. The molecule has 0 spiro atoms. The van der Waals surface area contributed by atoms with Gasteiger partial charge in [0.25, 0.3) is 0 Å². The molecule has 3 aromatic rings. The van der Waals surface area contributed by atoms with Gasteiger partial charge in [0.2, 0.25) is 0 Å². The Hall–Kier alpha value is -3.39. The van der Waals surface area contributed by atoms with Crippen LogP contribution in [0.3, 0.4) is 0 Å². The number of piperidine rings is 1. The van der Waals surface area contributed by atoms with Crippen LogP contribution in [0.1, 0.15) is 71.1 Å². The van der Waals surface area contributed by atoms with E-state index in [-0.39, 0.29) is 11.9 Å². The Balaban J connectivity index is 1.07. The predicted molar refractivity (Wildman–Crippen MR) is 158 cm³/mol. The number of nitrogens with zero attached hydrogens (tertiary/aromatic N) is 2. The lowest BCUT2D eigenvalue weighted by molar-refractivity contribution is 0.0949. The molecule has 0 unspecified atom stereocenters. The molecule has 2 aliphatic rings. The Bertz CT molecular complexity index is 1290. The van der Waals surface area contributed by atoms with Gasteiger partial charge in [-0.15, -0.1) is 0 Å². The standard InChI is InChI=1S/C35H40N2O2/c1-28-12-14-29(15-13-28)16-17-30-7-4-8-31(25-30)27-37-23-18-33(19-24-37)39-34-10-5-9-32(26-34)35(38)11-6-22-36-20-2-3-21-36/h4-5,7-10,12-15,25-26,33H,2-3,6,11,18-24,27H2,1H3. The molecule has 4 heteroatoms. The number of hydrogen-bond donors (Lipinski definition) is 0. The highest BCUT2D eigenvalue weighted by Gasteiger charge is 2.21. The number of ketones is 1. The molecule has 39 heavy (non-hydrogen) atoms. The van der Waals surface area contributed by atoms with E-state index in [1.165, 1.54) is 37.1 Å². The van der Waals surface area contributed by atoms with Gasteiger partial charge in [0.05, 0.1) is 0 Å².